The molecule has 0 heterocycles. The summed E-state index contributed by atoms with van der Waals surface area (Å²) in [4.78, 5) is 24.2. The number of hydrogen-bond donors (Lipinski definition) is 1. The largest absolute Gasteiger partial charge is 0.484 e. The molecule has 0 radical (unpaired) electrons. The molecule has 0 aromatic heterocycles. The third-order valence-corrected chi connectivity index (χ3v) is 2.48. The summed E-state index contributed by atoms with van der Waals surface area (Å²) in [6.45, 7) is 1.97. The number of nitrogens with zero attached hydrogens (tertiary/aromatic N) is 1. The van der Waals surface area contributed by atoms with Crippen molar-refractivity contribution in [1.29, 1.82) is 0 Å². The van der Waals surface area contributed by atoms with Gasteiger partial charge in [-0.25, -0.2) is 0 Å². The molecule has 1 aromatic rings. The smallest absolute Gasteiger partial charge is 0.259 e. The van der Waals surface area contributed by atoms with E-state index in [-0.39, 0.29) is 18.4 Å². The van der Waals surface area contributed by atoms with Crippen LogP contribution in [0.15, 0.2) is 24.3 Å². The Morgan fingerprint density at radius 1 is 1.21 bits per heavy atom. The average Bonchev–Trinajstić information content (AvgIpc) is 2.37. The van der Waals surface area contributed by atoms with Crippen LogP contribution in [0.5, 0.6) is 5.75 Å². The van der Waals surface area contributed by atoms with Gasteiger partial charge in [-0.05, 0) is 30.7 Å². The molecule has 2 amide bonds. The van der Waals surface area contributed by atoms with Crippen molar-refractivity contribution >= 4 is 17.5 Å². The van der Waals surface area contributed by atoms with E-state index in [0.717, 1.165) is 12.1 Å². The van der Waals surface area contributed by atoms with E-state index in [9.17, 15) is 9.59 Å². The molecule has 0 atom stereocenters. The number of rotatable bonds is 6. The van der Waals surface area contributed by atoms with E-state index in [4.69, 9.17) is 4.74 Å². The Labute approximate surface area is 113 Å². The molecule has 5 nitrogen and oxygen atoms in total. The molecule has 5 heteroatoms. The summed E-state index contributed by atoms with van der Waals surface area (Å²) in [7, 11) is 3.36. The maximum atomic E-state index is 11.4. The van der Waals surface area contributed by atoms with Gasteiger partial charge < -0.3 is 15.0 Å². The second-order valence-electron chi connectivity index (χ2n) is 4.40. The Balaban J connectivity index is 2.47. The van der Waals surface area contributed by atoms with E-state index in [0.29, 0.717) is 12.2 Å². The highest BCUT2D eigenvalue weighted by molar-refractivity contribution is 5.90. The SMILES string of the molecule is CCCC(=O)Nc1ccc(OCC(=O)N(C)C)cc1. The molecule has 1 N–H and O–H groups in total. The van der Waals surface area contributed by atoms with Gasteiger partial charge in [0.15, 0.2) is 6.61 Å². The standard InChI is InChI=1S/C14H20N2O3/c1-4-5-13(17)15-11-6-8-12(9-7-11)19-10-14(18)16(2)3/h6-9H,4-5,10H2,1-3H3,(H,15,17). The number of hydrogen-bond acceptors (Lipinski definition) is 3. The highest BCUT2D eigenvalue weighted by atomic mass is 16.5. The van der Waals surface area contributed by atoms with Gasteiger partial charge in [-0.1, -0.05) is 6.92 Å². The number of ether oxygens (including phenoxy) is 1. The molecule has 104 valence electrons. The summed E-state index contributed by atoms with van der Waals surface area (Å²) < 4.78 is 5.33. The summed E-state index contributed by atoms with van der Waals surface area (Å²) in [5.41, 5.74) is 0.727. The first kappa shape index (κ1) is 15.0. The molecule has 0 aliphatic carbocycles. The van der Waals surface area contributed by atoms with Crippen LogP contribution in [0.25, 0.3) is 0 Å². The van der Waals surface area contributed by atoms with Gasteiger partial charge in [-0.15, -0.1) is 0 Å². The van der Waals surface area contributed by atoms with Crippen LogP contribution in [0, 0.1) is 0 Å². The molecule has 0 fully saturated rings. The van der Waals surface area contributed by atoms with Crippen molar-refractivity contribution in [3.63, 3.8) is 0 Å². The van der Waals surface area contributed by atoms with Crippen LogP contribution in [0.4, 0.5) is 5.69 Å². The Bertz CT molecular complexity index is 427. The Kier molecular flexibility index (Phi) is 5.85. The Morgan fingerprint density at radius 3 is 2.37 bits per heavy atom. The van der Waals surface area contributed by atoms with Gasteiger partial charge in [0.1, 0.15) is 5.75 Å². The molecular weight excluding hydrogens is 244 g/mol. The zero-order valence-electron chi connectivity index (χ0n) is 11.6. The van der Waals surface area contributed by atoms with Gasteiger partial charge in [-0.3, -0.25) is 9.59 Å². The predicted octanol–water partition coefficient (Wildman–Crippen LogP) is 1.89. The fourth-order valence-electron chi connectivity index (χ4n) is 1.36. The second-order valence-corrected chi connectivity index (χ2v) is 4.40. The van der Waals surface area contributed by atoms with Gasteiger partial charge >= 0.3 is 0 Å². The van der Waals surface area contributed by atoms with Crippen molar-refractivity contribution in [2.75, 3.05) is 26.0 Å². The van der Waals surface area contributed by atoms with E-state index in [1.54, 1.807) is 38.4 Å². The van der Waals surface area contributed by atoms with E-state index in [1.807, 2.05) is 6.92 Å². The van der Waals surface area contributed by atoms with Gasteiger partial charge in [0.2, 0.25) is 5.91 Å². The average molecular weight is 264 g/mol. The van der Waals surface area contributed by atoms with Crippen LogP contribution in [0.3, 0.4) is 0 Å². The monoisotopic (exact) mass is 264 g/mol. The minimum absolute atomic E-state index is 0.000969. The van der Waals surface area contributed by atoms with Crippen LogP contribution in [-0.2, 0) is 9.59 Å². The van der Waals surface area contributed by atoms with Gasteiger partial charge in [-0.2, -0.15) is 0 Å². The molecule has 0 saturated carbocycles. The number of carbonyl (C=O) groups excluding carboxylic acids is 2. The molecule has 0 aliphatic rings. The summed E-state index contributed by atoms with van der Waals surface area (Å²) in [6.07, 6.45) is 1.33. The highest BCUT2D eigenvalue weighted by Crippen LogP contribution is 2.16. The zero-order valence-corrected chi connectivity index (χ0v) is 11.6. The summed E-state index contributed by atoms with van der Waals surface area (Å²) >= 11 is 0. The lowest BCUT2D eigenvalue weighted by Gasteiger charge is -2.11. The van der Waals surface area contributed by atoms with Crippen molar-refractivity contribution in [2.45, 2.75) is 19.8 Å². The van der Waals surface area contributed by atoms with Crippen molar-refractivity contribution < 1.29 is 14.3 Å². The maximum absolute atomic E-state index is 11.4. The molecule has 1 rings (SSSR count). The lowest BCUT2D eigenvalue weighted by atomic mass is 10.2. The van der Waals surface area contributed by atoms with Crippen LogP contribution in [0.1, 0.15) is 19.8 Å². The Hall–Kier alpha value is -2.04. The van der Waals surface area contributed by atoms with E-state index >= 15 is 0 Å². The molecule has 0 aliphatic heterocycles. The van der Waals surface area contributed by atoms with Crippen molar-refractivity contribution in [3.8, 4) is 5.75 Å². The van der Waals surface area contributed by atoms with Crippen molar-refractivity contribution in [2.24, 2.45) is 0 Å². The minimum Gasteiger partial charge on any atom is -0.484 e. The fourth-order valence-corrected chi connectivity index (χ4v) is 1.36. The molecule has 0 unspecified atom stereocenters. The molecule has 1 aromatic carbocycles. The fraction of sp³-hybridized carbons (Fsp3) is 0.429. The lowest BCUT2D eigenvalue weighted by molar-refractivity contribution is -0.130. The number of anilines is 1. The highest BCUT2D eigenvalue weighted by Gasteiger charge is 2.05. The lowest BCUT2D eigenvalue weighted by Crippen LogP contribution is -2.27. The zero-order chi connectivity index (χ0) is 14.3. The van der Waals surface area contributed by atoms with Crippen molar-refractivity contribution in [3.05, 3.63) is 24.3 Å². The first-order chi connectivity index (χ1) is 9.02. The second kappa shape index (κ2) is 7.41. The van der Waals surface area contributed by atoms with Crippen molar-refractivity contribution in [1.82, 2.24) is 4.90 Å². The number of amides is 2. The van der Waals surface area contributed by atoms with Crippen LogP contribution < -0.4 is 10.1 Å². The first-order valence-corrected chi connectivity index (χ1v) is 6.25. The number of likely N-dealkylation sites (N-methyl/N-ethyl adjacent to an activating group) is 1. The molecule has 0 bridgehead atoms. The first-order valence-electron chi connectivity index (χ1n) is 6.25. The van der Waals surface area contributed by atoms with E-state index < -0.39 is 0 Å². The molecule has 0 spiro atoms. The predicted molar refractivity (Wildman–Crippen MR) is 74.2 cm³/mol. The third kappa shape index (κ3) is 5.42. The topological polar surface area (TPSA) is 58.6 Å². The van der Waals surface area contributed by atoms with Crippen LogP contribution in [0.2, 0.25) is 0 Å². The normalized spacial score (nSPS) is 9.84. The van der Waals surface area contributed by atoms with E-state index in [1.165, 1.54) is 4.90 Å². The molecule has 19 heavy (non-hydrogen) atoms. The van der Waals surface area contributed by atoms with Crippen LogP contribution >= 0.6 is 0 Å². The number of benzene rings is 1. The van der Waals surface area contributed by atoms with Crippen LogP contribution in [-0.4, -0.2) is 37.4 Å². The summed E-state index contributed by atoms with van der Waals surface area (Å²) in [5.74, 6) is 0.503. The number of nitrogens with one attached hydrogen (secondary N) is 1. The van der Waals surface area contributed by atoms with Gasteiger partial charge in [0, 0.05) is 26.2 Å². The van der Waals surface area contributed by atoms with E-state index in [2.05, 4.69) is 5.32 Å². The number of carbonyl (C=O) groups is 2. The Morgan fingerprint density at radius 2 is 1.84 bits per heavy atom. The molecular formula is C14H20N2O3. The van der Waals surface area contributed by atoms with Gasteiger partial charge in [0.25, 0.3) is 5.91 Å². The third-order valence-electron chi connectivity index (χ3n) is 2.48. The quantitative estimate of drug-likeness (QED) is 0.853. The molecule has 0 saturated heterocycles. The maximum Gasteiger partial charge on any atom is 0.259 e. The summed E-state index contributed by atoms with van der Waals surface area (Å²) in [5, 5.41) is 2.78. The minimum atomic E-state index is -0.0969. The van der Waals surface area contributed by atoms with Gasteiger partial charge in [0.05, 0.1) is 0 Å². The summed E-state index contributed by atoms with van der Waals surface area (Å²) in [6, 6.07) is 6.96.